The van der Waals surface area contributed by atoms with Crippen molar-refractivity contribution in [3.63, 3.8) is 0 Å². The topological polar surface area (TPSA) is 64.9 Å². The third-order valence-electron chi connectivity index (χ3n) is 2.64. The van der Waals surface area contributed by atoms with Crippen molar-refractivity contribution < 1.29 is 4.74 Å². The van der Waals surface area contributed by atoms with Gasteiger partial charge in [-0.05, 0) is 35.3 Å². The third kappa shape index (κ3) is 4.91. The molecule has 1 heterocycles. The summed E-state index contributed by atoms with van der Waals surface area (Å²) in [4.78, 5) is 0. The molecule has 0 fully saturated rings. The van der Waals surface area contributed by atoms with Gasteiger partial charge in [0, 0.05) is 20.2 Å². The summed E-state index contributed by atoms with van der Waals surface area (Å²) >= 11 is 1.85. The molecule has 1 N–H and O–H groups in total. The Morgan fingerprint density at radius 3 is 2.89 bits per heavy atom. The molecule has 6 nitrogen and oxygen atoms in total. The number of hydrogen-bond donors (Lipinski definition) is 1. The molecule has 1 aromatic heterocycles. The minimum absolute atomic E-state index is 0.136. The maximum atomic E-state index is 5.01. The summed E-state index contributed by atoms with van der Waals surface area (Å²) in [6, 6.07) is 0.136. The molecule has 2 unspecified atom stereocenters. The van der Waals surface area contributed by atoms with Crippen molar-refractivity contribution >= 4 is 11.8 Å². The molecule has 0 aromatic carbocycles. The van der Waals surface area contributed by atoms with Crippen LogP contribution in [0.5, 0.6) is 0 Å². The standard InChI is InChI=1S/C11H23N5OS/c1-9(8-18-4)7-16-11(13-14-15-16)10(2)12-5-6-17-3/h9-10,12H,5-8H2,1-4H3. The highest BCUT2D eigenvalue weighted by atomic mass is 32.2. The van der Waals surface area contributed by atoms with Crippen molar-refractivity contribution in [2.75, 3.05) is 32.3 Å². The fourth-order valence-electron chi connectivity index (χ4n) is 1.75. The van der Waals surface area contributed by atoms with Crippen LogP contribution in [0.15, 0.2) is 0 Å². The second kappa shape index (κ2) is 8.44. The molecule has 0 aliphatic rings. The highest BCUT2D eigenvalue weighted by Crippen LogP contribution is 2.11. The minimum atomic E-state index is 0.136. The van der Waals surface area contributed by atoms with E-state index in [9.17, 15) is 0 Å². The molecule has 18 heavy (non-hydrogen) atoms. The van der Waals surface area contributed by atoms with Crippen LogP contribution in [0.4, 0.5) is 0 Å². The predicted molar refractivity (Wildman–Crippen MR) is 73.7 cm³/mol. The van der Waals surface area contributed by atoms with Gasteiger partial charge in [-0.1, -0.05) is 6.92 Å². The summed E-state index contributed by atoms with van der Waals surface area (Å²) in [7, 11) is 1.69. The molecule has 0 radical (unpaired) electrons. The summed E-state index contributed by atoms with van der Waals surface area (Å²) in [5, 5.41) is 15.3. The van der Waals surface area contributed by atoms with E-state index >= 15 is 0 Å². The van der Waals surface area contributed by atoms with Crippen LogP contribution in [0.25, 0.3) is 0 Å². The zero-order chi connectivity index (χ0) is 13.4. The second-order valence-electron chi connectivity index (χ2n) is 4.45. The first-order valence-corrected chi connectivity index (χ1v) is 7.55. The van der Waals surface area contributed by atoms with Crippen molar-refractivity contribution in [2.45, 2.75) is 26.4 Å². The van der Waals surface area contributed by atoms with Crippen LogP contribution in [-0.4, -0.2) is 52.5 Å². The van der Waals surface area contributed by atoms with E-state index in [1.165, 1.54) is 0 Å². The predicted octanol–water partition coefficient (Wildman–Crippen LogP) is 0.969. The SMILES string of the molecule is COCCNC(C)c1nnnn1CC(C)CSC. The third-order valence-corrected chi connectivity index (χ3v) is 3.54. The van der Waals surface area contributed by atoms with Gasteiger partial charge in [0.15, 0.2) is 5.82 Å². The molecule has 0 bridgehead atoms. The maximum absolute atomic E-state index is 5.01. The number of hydrogen-bond acceptors (Lipinski definition) is 6. The van der Waals surface area contributed by atoms with Crippen LogP contribution < -0.4 is 5.32 Å². The fourth-order valence-corrected chi connectivity index (χ4v) is 2.43. The van der Waals surface area contributed by atoms with Crippen molar-refractivity contribution in [3.8, 4) is 0 Å². The Labute approximate surface area is 113 Å². The number of aromatic nitrogens is 4. The van der Waals surface area contributed by atoms with Crippen molar-refractivity contribution in [1.82, 2.24) is 25.5 Å². The fraction of sp³-hybridized carbons (Fsp3) is 0.909. The van der Waals surface area contributed by atoms with E-state index in [0.717, 1.165) is 24.7 Å². The molecule has 0 saturated carbocycles. The Kier molecular flexibility index (Phi) is 7.22. The summed E-state index contributed by atoms with van der Waals surface area (Å²) in [5.74, 6) is 2.57. The summed E-state index contributed by atoms with van der Waals surface area (Å²) in [5.41, 5.74) is 0. The average Bonchev–Trinajstić information content (AvgIpc) is 2.77. The number of nitrogens with one attached hydrogen (secondary N) is 1. The van der Waals surface area contributed by atoms with Crippen molar-refractivity contribution in [3.05, 3.63) is 5.82 Å². The van der Waals surface area contributed by atoms with E-state index in [1.54, 1.807) is 7.11 Å². The van der Waals surface area contributed by atoms with Crippen LogP contribution in [-0.2, 0) is 11.3 Å². The number of ether oxygens (including phenoxy) is 1. The van der Waals surface area contributed by atoms with Gasteiger partial charge < -0.3 is 10.1 Å². The first-order chi connectivity index (χ1) is 8.69. The van der Waals surface area contributed by atoms with E-state index in [1.807, 2.05) is 16.4 Å². The highest BCUT2D eigenvalue weighted by Gasteiger charge is 2.15. The van der Waals surface area contributed by atoms with E-state index < -0.39 is 0 Å². The average molecular weight is 273 g/mol. The quantitative estimate of drug-likeness (QED) is 0.676. The highest BCUT2D eigenvalue weighted by molar-refractivity contribution is 7.98. The Hall–Kier alpha value is -0.660. The molecule has 7 heteroatoms. The molecule has 1 rings (SSSR count). The Morgan fingerprint density at radius 1 is 1.44 bits per heavy atom. The maximum Gasteiger partial charge on any atom is 0.167 e. The summed E-state index contributed by atoms with van der Waals surface area (Å²) in [6.07, 6.45) is 2.12. The van der Waals surface area contributed by atoms with Crippen LogP contribution in [0.1, 0.15) is 25.7 Å². The monoisotopic (exact) mass is 273 g/mol. The van der Waals surface area contributed by atoms with Crippen LogP contribution in [0.3, 0.4) is 0 Å². The van der Waals surface area contributed by atoms with E-state index in [0.29, 0.717) is 12.5 Å². The lowest BCUT2D eigenvalue weighted by Crippen LogP contribution is -2.26. The van der Waals surface area contributed by atoms with Gasteiger partial charge in [0.2, 0.25) is 0 Å². The largest absolute Gasteiger partial charge is 0.383 e. The summed E-state index contributed by atoms with van der Waals surface area (Å²) < 4.78 is 6.91. The Balaban J connectivity index is 2.52. The van der Waals surface area contributed by atoms with Gasteiger partial charge in [-0.15, -0.1) is 5.10 Å². The first kappa shape index (κ1) is 15.4. The van der Waals surface area contributed by atoms with Gasteiger partial charge in [-0.25, -0.2) is 4.68 Å². The molecule has 1 aromatic rings. The van der Waals surface area contributed by atoms with E-state index in [4.69, 9.17) is 4.74 Å². The van der Waals surface area contributed by atoms with Gasteiger partial charge in [0.25, 0.3) is 0 Å². The molecule has 0 amide bonds. The zero-order valence-corrected chi connectivity index (χ0v) is 12.4. The smallest absolute Gasteiger partial charge is 0.167 e. The Morgan fingerprint density at radius 2 is 2.22 bits per heavy atom. The van der Waals surface area contributed by atoms with Gasteiger partial charge >= 0.3 is 0 Å². The molecular weight excluding hydrogens is 250 g/mol. The number of methoxy groups -OCH3 is 1. The van der Waals surface area contributed by atoms with Crippen molar-refractivity contribution in [1.29, 1.82) is 0 Å². The normalized spacial score (nSPS) is 14.7. The molecule has 2 atom stereocenters. The number of thioether (sulfide) groups is 1. The molecular formula is C11H23N5OS. The first-order valence-electron chi connectivity index (χ1n) is 6.16. The second-order valence-corrected chi connectivity index (χ2v) is 5.36. The lowest BCUT2D eigenvalue weighted by molar-refractivity contribution is 0.195. The summed E-state index contributed by atoms with van der Waals surface area (Å²) in [6.45, 7) is 6.63. The van der Waals surface area contributed by atoms with Crippen molar-refractivity contribution in [2.24, 2.45) is 5.92 Å². The molecule has 0 saturated heterocycles. The number of tetrazole rings is 1. The molecule has 0 spiro atoms. The van der Waals surface area contributed by atoms with Crippen LogP contribution in [0.2, 0.25) is 0 Å². The number of nitrogens with zero attached hydrogens (tertiary/aromatic N) is 4. The van der Waals surface area contributed by atoms with Crippen LogP contribution in [0, 0.1) is 5.92 Å². The van der Waals surface area contributed by atoms with Gasteiger partial charge in [-0.3, -0.25) is 0 Å². The Bertz CT molecular complexity index is 333. The van der Waals surface area contributed by atoms with E-state index in [2.05, 4.69) is 40.9 Å². The lowest BCUT2D eigenvalue weighted by Gasteiger charge is -2.15. The molecule has 0 aliphatic heterocycles. The van der Waals surface area contributed by atoms with Gasteiger partial charge in [0.05, 0.1) is 12.6 Å². The van der Waals surface area contributed by atoms with E-state index in [-0.39, 0.29) is 6.04 Å². The zero-order valence-electron chi connectivity index (χ0n) is 11.6. The molecule has 0 aliphatic carbocycles. The minimum Gasteiger partial charge on any atom is -0.383 e. The molecule has 104 valence electrons. The number of rotatable bonds is 9. The van der Waals surface area contributed by atoms with Crippen LogP contribution >= 0.6 is 11.8 Å². The van der Waals surface area contributed by atoms with Gasteiger partial charge in [-0.2, -0.15) is 11.8 Å². The van der Waals surface area contributed by atoms with Gasteiger partial charge in [0.1, 0.15) is 0 Å². The lowest BCUT2D eigenvalue weighted by atomic mass is 10.2.